The van der Waals surface area contributed by atoms with Gasteiger partial charge < -0.3 is 10.6 Å². The number of nitrogens with two attached hydrogens (primary N) is 1. The van der Waals surface area contributed by atoms with Crippen molar-refractivity contribution in [2.24, 2.45) is 11.7 Å². The lowest BCUT2D eigenvalue weighted by molar-refractivity contribution is -0.131. The SMILES string of the molecule is Cl.NCC(=O)N1CCC(CCc2ccccc2)CC1. The van der Waals surface area contributed by atoms with Crippen molar-refractivity contribution in [3.63, 3.8) is 0 Å². The van der Waals surface area contributed by atoms with Crippen LogP contribution >= 0.6 is 12.4 Å². The zero-order chi connectivity index (χ0) is 12.8. The highest BCUT2D eigenvalue weighted by Gasteiger charge is 2.21. The number of aryl methyl sites for hydroxylation is 1. The van der Waals surface area contributed by atoms with Gasteiger partial charge in [0.15, 0.2) is 0 Å². The summed E-state index contributed by atoms with van der Waals surface area (Å²) in [5.41, 5.74) is 6.80. The fraction of sp³-hybridized carbons (Fsp3) is 0.533. The smallest absolute Gasteiger partial charge is 0.236 e. The molecule has 1 aliphatic heterocycles. The Morgan fingerprint density at radius 2 is 1.84 bits per heavy atom. The van der Waals surface area contributed by atoms with E-state index < -0.39 is 0 Å². The van der Waals surface area contributed by atoms with Crippen LogP contribution in [-0.4, -0.2) is 30.4 Å². The van der Waals surface area contributed by atoms with Gasteiger partial charge >= 0.3 is 0 Å². The van der Waals surface area contributed by atoms with Crippen LogP contribution in [0.5, 0.6) is 0 Å². The number of carbonyl (C=O) groups is 1. The number of rotatable bonds is 4. The van der Waals surface area contributed by atoms with Crippen LogP contribution in [0.15, 0.2) is 30.3 Å². The number of piperidine rings is 1. The van der Waals surface area contributed by atoms with Gasteiger partial charge in [0.1, 0.15) is 0 Å². The standard InChI is InChI=1S/C15H22N2O.ClH/c16-12-15(18)17-10-8-14(9-11-17)7-6-13-4-2-1-3-5-13;/h1-5,14H,6-12,16H2;1H. The first kappa shape index (κ1) is 16.0. The third-order valence-corrected chi connectivity index (χ3v) is 3.83. The molecule has 0 radical (unpaired) electrons. The van der Waals surface area contributed by atoms with Gasteiger partial charge in [0.2, 0.25) is 5.91 Å². The maximum absolute atomic E-state index is 11.5. The van der Waals surface area contributed by atoms with E-state index in [1.165, 1.54) is 12.0 Å². The summed E-state index contributed by atoms with van der Waals surface area (Å²) >= 11 is 0. The van der Waals surface area contributed by atoms with Crippen molar-refractivity contribution in [3.8, 4) is 0 Å². The second kappa shape index (κ2) is 8.18. The molecule has 1 aromatic carbocycles. The van der Waals surface area contributed by atoms with Gasteiger partial charge in [-0.25, -0.2) is 0 Å². The molecule has 4 heteroatoms. The second-order valence-electron chi connectivity index (χ2n) is 5.05. The molecule has 19 heavy (non-hydrogen) atoms. The second-order valence-corrected chi connectivity index (χ2v) is 5.05. The van der Waals surface area contributed by atoms with Crippen LogP contribution in [0.2, 0.25) is 0 Å². The Morgan fingerprint density at radius 1 is 1.21 bits per heavy atom. The molecular formula is C15H23ClN2O. The lowest BCUT2D eigenvalue weighted by Crippen LogP contribution is -2.41. The van der Waals surface area contributed by atoms with Crippen LogP contribution in [0, 0.1) is 5.92 Å². The number of likely N-dealkylation sites (tertiary alicyclic amines) is 1. The topological polar surface area (TPSA) is 46.3 Å². The van der Waals surface area contributed by atoms with Gasteiger partial charge in [0, 0.05) is 13.1 Å². The summed E-state index contributed by atoms with van der Waals surface area (Å²) < 4.78 is 0. The van der Waals surface area contributed by atoms with Crippen LogP contribution in [0.1, 0.15) is 24.8 Å². The van der Waals surface area contributed by atoms with E-state index in [1.807, 2.05) is 4.90 Å². The van der Waals surface area contributed by atoms with E-state index >= 15 is 0 Å². The van der Waals surface area contributed by atoms with Crippen molar-refractivity contribution < 1.29 is 4.79 Å². The number of hydrogen-bond donors (Lipinski definition) is 1. The molecule has 0 unspecified atom stereocenters. The molecule has 3 nitrogen and oxygen atoms in total. The Bertz CT molecular complexity index is 375. The molecule has 1 fully saturated rings. The van der Waals surface area contributed by atoms with E-state index in [4.69, 9.17) is 5.73 Å². The van der Waals surface area contributed by atoms with Crippen molar-refractivity contribution in [1.29, 1.82) is 0 Å². The van der Waals surface area contributed by atoms with Crippen molar-refractivity contribution in [1.82, 2.24) is 4.90 Å². The Kier molecular flexibility index (Phi) is 6.89. The largest absolute Gasteiger partial charge is 0.342 e. The number of amides is 1. The molecule has 0 aliphatic carbocycles. The Hall–Kier alpha value is -1.06. The molecule has 0 spiro atoms. The first-order valence-electron chi connectivity index (χ1n) is 6.81. The third kappa shape index (κ3) is 4.84. The van der Waals surface area contributed by atoms with E-state index in [-0.39, 0.29) is 24.9 Å². The van der Waals surface area contributed by atoms with Gasteiger partial charge in [-0.3, -0.25) is 4.79 Å². The van der Waals surface area contributed by atoms with Crippen LogP contribution in [-0.2, 0) is 11.2 Å². The van der Waals surface area contributed by atoms with Gasteiger partial charge in [-0.05, 0) is 37.2 Å². The number of halogens is 1. The van der Waals surface area contributed by atoms with Gasteiger partial charge in [0.25, 0.3) is 0 Å². The quantitative estimate of drug-likeness (QED) is 0.921. The molecule has 0 aromatic heterocycles. The minimum absolute atomic E-state index is 0. The number of carbonyl (C=O) groups excluding carboxylic acids is 1. The summed E-state index contributed by atoms with van der Waals surface area (Å²) in [7, 11) is 0. The average molecular weight is 283 g/mol. The Labute approximate surface area is 121 Å². The molecule has 0 atom stereocenters. The van der Waals surface area contributed by atoms with Crippen molar-refractivity contribution >= 4 is 18.3 Å². The van der Waals surface area contributed by atoms with Gasteiger partial charge in [0.05, 0.1) is 6.54 Å². The fourth-order valence-electron chi connectivity index (χ4n) is 2.62. The summed E-state index contributed by atoms with van der Waals surface area (Å²) in [4.78, 5) is 13.4. The fourth-order valence-corrected chi connectivity index (χ4v) is 2.62. The molecule has 1 amide bonds. The first-order valence-corrected chi connectivity index (χ1v) is 6.81. The first-order chi connectivity index (χ1) is 8.79. The van der Waals surface area contributed by atoms with Crippen molar-refractivity contribution in [2.75, 3.05) is 19.6 Å². The van der Waals surface area contributed by atoms with Crippen molar-refractivity contribution in [3.05, 3.63) is 35.9 Å². The predicted molar refractivity (Wildman–Crippen MR) is 80.4 cm³/mol. The zero-order valence-corrected chi connectivity index (χ0v) is 12.1. The van der Waals surface area contributed by atoms with Gasteiger partial charge in [-0.15, -0.1) is 12.4 Å². The molecular weight excluding hydrogens is 260 g/mol. The normalized spacial score (nSPS) is 15.9. The molecule has 106 valence electrons. The van der Waals surface area contributed by atoms with E-state index in [2.05, 4.69) is 30.3 Å². The highest BCUT2D eigenvalue weighted by atomic mass is 35.5. The van der Waals surface area contributed by atoms with E-state index in [0.717, 1.165) is 38.3 Å². The van der Waals surface area contributed by atoms with Crippen LogP contribution < -0.4 is 5.73 Å². The van der Waals surface area contributed by atoms with E-state index in [0.29, 0.717) is 0 Å². The van der Waals surface area contributed by atoms with Crippen LogP contribution in [0.3, 0.4) is 0 Å². The van der Waals surface area contributed by atoms with E-state index in [9.17, 15) is 4.79 Å². The summed E-state index contributed by atoms with van der Waals surface area (Å²) in [6, 6.07) is 10.6. The number of hydrogen-bond acceptors (Lipinski definition) is 2. The maximum atomic E-state index is 11.5. The highest BCUT2D eigenvalue weighted by Crippen LogP contribution is 2.22. The molecule has 2 N–H and O–H groups in total. The molecule has 1 saturated heterocycles. The van der Waals surface area contributed by atoms with Crippen molar-refractivity contribution in [2.45, 2.75) is 25.7 Å². The molecule has 0 bridgehead atoms. The van der Waals surface area contributed by atoms with Crippen LogP contribution in [0.25, 0.3) is 0 Å². The molecule has 1 heterocycles. The lowest BCUT2D eigenvalue weighted by Gasteiger charge is -2.31. The molecule has 0 saturated carbocycles. The van der Waals surface area contributed by atoms with Gasteiger partial charge in [-0.2, -0.15) is 0 Å². The lowest BCUT2D eigenvalue weighted by atomic mass is 9.90. The summed E-state index contributed by atoms with van der Waals surface area (Å²) in [5.74, 6) is 0.850. The van der Waals surface area contributed by atoms with E-state index in [1.54, 1.807) is 0 Å². The third-order valence-electron chi connectivity index (χ3n) is 3.83. The zero-order valence-electron chi connectivity index (χ0n) is 11.3. The Morgan fingerprint density at radius 3 is 2.42 bits per heavy atom. The van der Waals surface area contributed by atoms with Gasteiger partial charge in [-0.1, -0.05) is 30.3 Å². The number of benzene rings is 1. The average Bonchev–Trinajstić information content (AvgIpc) is 2.46. The predicted octanol–water partition coefficient (Wildman–Crippen LogP) is 2.24. The highest BCUT2D eigenvalue weighted by molar-refractivity contribution is 5.85. The summed E-state index contributed by atoms with van der Waals surface area (Å²) in [6.07, 6.45) is 4.63. The summed E-state index contributed by atoms with van der Waals surface area (Å²) in [5, 5.41) is 0. The monoisotopic (exact) mass is 282 g/mol. The number of nitrogens with zero attached hydrogens (tertiary/aromatic N) is 1. The molecule has 1 aromatic rings. The molecule has 2 rings (SSSR count). The summed E-state index contributed by atoms with van der Waals surface area (Å²) in [6.45, 7) is 1.92. The minimum atomic E-state index is 0. The maximum Gasteiger partial charge on any atom is 0.236 e. The molecule has 1 aliphatic rings. The minimum Gasteiger partial charge on any atom is -0.342 e. The van der Waals surface area contributed by atoms with Crippen LogP contribution in [0.4, 0.5) is 0 Å². The Balaban J connectivity index is 0.00000180.